The van der Waals surface area contributed by atoms with Crippen molar-refractivity contribution in [3.05, 3.63) is 97.0 Å². The number of benzene rings is 2. The van der Waals surface area contributed by atoms with Gasteiger partial charge in [-0.15, -0.1) is 0 Å². The van der Waals surface area contributed by atoms with Crippen LogP contribution in [0.5, 0.6) is 5.75 Å². The first-order chi connectivity index (χ1) is 17.4. The van der Waals surface area contributed by atoms with E-state index < -0.39 is 11.7 Å². The Kier molecular flexibility index (Phi) is 7.02. The van der Waals surface area contributed by atoms with Gasteiger partial charge in [0.05, 0.1) is 18.5 Å². The zero-order chi connectivity index (χ0) is 25.7. The lowest BCUT2D eigenvalue weighted by Crippen LogP contribution is -2.34. The average Bonchev–Trinajstić information content (AvgIpc) is 3.27. The minimum atomic E-state index is -0.517. The summed E-state index contributed by atoms with van der Waals surface area (Å²) in [4.78, 5) is 25.9. The highest BCUT2D eigenvalue weighted by molar-refractivity contribution is 6.06. The van der Waals surface area contributed by atoms with Gasteiger partial charge in [-0.3, -0.25) is 4.79 Å². The lowest BCUT2D eigenvalue weighted by atomic mass is 10.1. The monoisotopic (exact) mass is 483 g/mol. The van der Waals surface area contributed by atoms with E-state index in [0.29, 0.717) is 33.7 Å². The van der Waals surface area contributed by atoms with E-state index in [-0.39, 0.29) is 31.2 Å². The maximum Gasteiger partial charge on any atom is 0.256 e. The van der Waals surface area contributed by atoms with Gasteiger partial charge in [0, 0.05) is 23.9 Å². The molecule has 0 aliphatic carbocycles. The predicted molar refractivity (Wildman–Crippen MR) is 135 cm³/mol. The normalized spacial score (nSPS) is 10.6. The largest absolute Gasteiger partial charge is 0.489 e. The van der Waals surface area contributed by atoms with E-state index >= 15 is 0 Å². The van der Waals surface area contributed by atoms with Gasteiger partial charge in [-0.25, -0.2) is 23.9 Å². The highest BCUT2D eigenvalue weighted by Crippen LogP contribution is 2.33. The third-order valence-electron chi connectivity index (χ3n) is 5.30. The van der Waals surface area contributed by atoms with Crippen LogP contribution >= 0.6 is 0 Å². The van der Waals surface area contributed by atoms with Crippen molar-refractivity contribution in [1.82, 2.24) is 19.7 Å². The number of hydrogen-bond acceptors (Lipinski definition) is 6. The van der Waals surface area contributed by atoms with Gasteiger partial charge >= 0.3 is 0 Å². The van der Waals surface area contributed by atoms with Crippen LogP contribution in [0.2, 0.25) is 0 Å². The molecule has 4 rings (SSSR count). The first kappa shape index (κ1) is 24.1. The molecule has 0 radical (unpaired) electrons. The van der Waals surface area contributed by atoms with Crippen LogP contribution in [0, 0.1) is 12.4 Å². The zero-order valence-electron chi connectivity index (χ0n) is 19.3. The summed E-state index contributed by atoms with van der Waals surface area (Å²) in [5.41, 5.74) is 7.78. The van der Waals surface area contributed by atoms with E-state index in [2.05, 4.69) is 33.1 Å². The summed E-state index contributed by atoms with van der Waals surface area (Å²) in [6.45, 7) is 14.9. The summed E-state index contributed by atoms with van der Waals surface area (Å²) in [5, 5.41) is 5.09. The molecular formula is C26H22FN7O2. The van der Waals surface area contributed by atoms with E-state index in [9.17, 15) is 9.18 Å². The van der Waals surface area contributed by atoms with E-state index in [1.54, 1.807) is 41.1 Å². The molecule has 180 valence electrons. The second kappa shape index (κ2) is 10.5. The molecule has 2 heterocycles. The molecule has 0 aliphatic heterocycles. The lowest BCUT2D eigenvalue weighted by molar-refractivity contribution is -0.114. The van der Waals surface area contributed by atoms with Crippen LogP contribution in [-0.4, -0.2) is 38.8 Å². The fraction of sp³-hybridized carbons (Fsp3) is 0.115. The summed E-state index contributed by atoms with van der Waals surface area (Å²) < 4.78 is 21.5. The van der Waals surface area contributed by atoms with Crippen molar-refractivity contribution >= 4 is 28.4 Å². The third kappa shape index (κ3) is 4.90. The standard InChI is InChI=1S/C26H22FN7O2/c1-4-12-36-21-14-18(13-19(27)15-21)23-22-24(28)30-16-31-25(22)34(32-23)11-10-33(26(35)17(2)29-3)20-8-6-5-7-9-20/h4-9,13-16H,1-2,10-12H2,(H2,28,30,31). The summed E-state index contributed by atoms with van der Waals surface area (Å²) in [6, 6.07) is 13.2. The number of carbonyl (C=O) groups excluding carboxylic acids is 1. The van der Waals surface area contributed by atoms with Crippen LogP contribution in [0.3, 0.4) is 0 Å². The highest BCUT2D eigenvalue weighted by Gasteiger charge is 2.22. The van der Waals surface area contributed by atoms with Gasteiger partial charge in [0.25, 0.3) is 5.91 Å². The number of aromatic nitrogens is 4. The number of nitrogens with zero attached hydrogens (tertiary/aromatic N) is 6. The molecule has 0 saturated carbocycles. The smallest absolute Gasteiger partial charge is 0.256 e. The number of amides is 1. The van der Waals surface area contributed by atoms with Crippen LogP contribution in [0.25, 0.3) is 27.1 Å². The molecule has 2 N–H and O–H groups in total. The van der Waals surface area contributed by atoms with E-state index in [1.807, 2.05) is 6.07 Å². The van der Waals surface area contributed by atoms with Crippen molar-refractivity contribution in [2.24, 2.45) is 0 Å². The Hall–Kier alpha value is -5.04. The molecule has 2 aromatic carbocycles. The molecule has 4 aromatic rings. The molecule has 0 saturated heterocycles. The van der Waals surface area contributed by atoms with Crippen LogP contribution in [0.1, 0.15) is 0 Å². The van der Waals surface area contributed by atoms with Gasteiger partial charge in [0.1, 0.15) is 36.0 Å². The van der Waals surface area contributed by atoms with Crippen molar-refractivity contribution in [1.29, 1.82) is 0 Å². The molecular weight excluding hydrogens is 461 g/mol. The molecule has 10 heteroatoms. The van der Waals surface area contributed by atoms with Crippen molar-refractivity contribution in [2.45, 2.75) is 6.54 Å². The molecule has 9 nitrogen and oxygen atoms in total. The van der Waals surface area contributed by atoms with Crippen molar-refractivity contribution in [2.75, 3.05) is 23.8 Å². The summed E-state index contributed by atoms with van der Waals surface area (Å²) >= 11 is 0. The second-order valence-corrected chi connectivity index (χ2v) is 7.66. The molecule has 0 spiro atoms. The van der Waals surface area contributed by atoms with Gasteiger partial charge < -0.3 is 15.4 Å². The highest BCUT2D eigenvalue weighted by atomic mass is 19.1. The predicted octanol–water partition coefficient (Wildman–Crippen LogP) is 4.25. The molecule has 36 heavy (non-hydrogen) atoms. The fourth-order valence-electron chi connectivity index (χ4n) is 3.68. The molecule has 2 aromatic heterocycles. The Morgan fingerprint density at radius 3 is 2.75 bits per heavy atom. The molecule has 0 fully saturated rings. The molecule has 0 atom stereocenters. The van der Waals surface area contributed by atoms with Crippen molar-refractivity contribution in [3.63, 3.8) is 0 Å². The van der Waals surface area contributed by atoms with Crippen molar-refractivity contribution in [3.8, 4) is 17.0 Å². The molecule has 0 unspecified atom stereocenters. The summed E-state index contributed by atoms with van der Waals surface area (Å²) in [5.74, 6) is -0.544. The number of nitrogen functional groups attached to an aromatic ring is 1. The summed E-state index contributed by atoms with van der Waals surface area (Å²) in [6.07, 6.45) is 2.87. The van der Waals surface area contributed by atoms with E-state index in [1.165, 1.54) is 23.4 Å². The quantitative estimate of drug-likeness (QED) is 0.217. The van der Waals surface area contributed by atoms with Gasteiger partial charge in [0.15, 0.2) is 5.65 Å². The number of para-hydroxylation sites is 1. The van der Waals surface area contributed by atoms with Crippen LogP contribution < -0.4 is 15.4 Å². The van der Waals surface area contributed by atoms with Gasteiger partial charge in [-0.1, -0.05) is 37.4 Å². The average molecular weight is 484 g/mol. The van der Waals surface area contributed by atoms with Crippen molar-refractivity contribution < 1.29 is 13.9 Å². The van der Waals surface area contributed by atoms with Crippen LogP contribution in [0.4, 0.5) is 15.9 Å². The second-order valence-electron chi connectivity index (χ2n) is 7.66. The Morgan fingerprint density at radius 1 is 1.25 bits per heavy atom. The maximum absolute atomic E-state index is 14.4. The minimum Gasteiger partial charge on any atom is -0.489 e. The van der Waals surface area contributed by atoms with Gasteiger partial charge in [-0.2, -0.15) is 5.10 Å². The first-order valence-electron chi connectivity index (χ1n) is 10.9. The molecule has 0 bridgehead atoms. The van der Waals surface area contributed by atoms with Gasteiger partial charge in [0.2, 0.25) is 5.70 Å². The third-order valence-corrected chi connectivity index (χ3v) is 5.30. The van der Waals surface area contributed by atoms with E-state index in [4.69, 9.17) is 17.0 Å². The maximum atomic E-state index is 14.4. The van der Waals surface area contributed by atoms with Crippen LogP contribution in [-0.2, 0) is 11.3 Å². The van der Waals surface area contributed by atoms with Crippen LogP contribution in [0.15, 0.2) is 79.8 Å². The van der Waals surface area contributed by atoms with E-state index in [0.717, 1.165) is 0 Å². The van der Waals surface area contributed by atoms with Gasteiger partial charge in [-0.05, 0) is 24.3 Å². The molecule has 1 amide bonds. The SMILES string of the molecule is [C-]#[N+]C(=C)C(=O)N(CCn1nc(-c2cc(F)cc(OCC=C)c2)c2c(N)ncnc21)c1ccccc1. The zero-order valence-corrected chi connectivity index (χ0v) is 19.3. The number of ether oxygens (including phenoxy) is 1. The Balaban J connectivity index is 1.74. The molecule has 0 aliphatic rings. The number of carbonyl (C=O) groups is 1. The minimum absolute atomic E-state index is 0.161. The Labute approximate surface area is 206 Å². The topological polar surface area (TPSA) is 104 Å². The number of fused-ring (bicyclic) bond motifs is 1. The number of hydrogen-bond donors (Lipinski definition) is 1. The number of anilines is 2. The lowest BCUT2D eigenvalue weighted by Gasteiger charge is -2.22. The number of halogens is 1. The number of nitrogens with two attached hydrogens (primary N) is 1. The Morgan fingerprint density at radius 2 is 2.03 bits per heavy atom. The summed E-state index contributed by atoms with van der Waals surface area (Å²) in [7, 11) is 0. The number of rotatable bonds is 9. The fourth-order valence-corrected chi connectivity index (χ4v) is 3.68. The first-order valence-corrected chi connectivity index (χ1v) is 10.9. The Bertz CT molecular complexity index is 1490.